The summed E-state index contributed by atoms with van der Waals surface area (Å²) in [5.41, 5.74) is 2.79. The summed E-state index contributed by atoms with van der Waals surface area (Å²) in [6, 6.07) is 11.8. The summed E-state index contributed by atoms with van der Waals surface area (Å²) in [5, 5.41) is 4.35. The molecule has 0 spiro atoms. The SMILES string of the molecule is Cc1ccc(CNC(=O)CSc2nc3c(sc4ncccc43)c(=O)n2CC2CCCO2)cc1. The Balaban J connectivity index is 1.39. The molecular weight excluding hydrogens is 456 g/mol. The van der Waals surface area contributed by atoms with Crippen LogP contribution in [0.15, 0.2) is 52.5 Å². The van der Waals surface area contributed by atoms with Gasteiger partial charge in [0, 0.05) is 24.7 Å². The normalized spacial score (nSPS) is 16.0. The molecule has 33 heavy (non-hydrogen) atoms. The quantitative estimate of drug-likeness (QED) is 0.319. The number of fused-ring (bicyclic) bond motifs is 3. The largest absolute Gasteiger partial charge is 0.376 e. The van der Waals surface area contributed by atoms with Gasteiger partial charge in [-0.25, -0.2) is 9.97 Å². The number of aromatic nitrogens is 3. The lowest BCUT2D eigenvalue weighted by atomic mass is 10.1. The second kappa shape index (κ2) is 9.62. The summed E-state index contributed by atoms with van der Waals surface area (Å²) < 4.78 is 8.04. The summed E-state index contributed by atoms with van der Waals surface area (Å²) in [4.78, 5) is 36.0. The molecule has 1 aliphatic heterocycles. The highest BCUT2D eigenvalue weighted by Crippen LogP contribution is 2.30. The Morgan fingerprint density at radius 3 is 2.94 bits per heavy atom. The maximum atomic E-state index is 13.4. The standard InChI is InChI=1S/C24H24N4O3S2/c1-15-6-8-16(9-7-15)12-26-19(29)14-32-24-27-20-18-5-2-10-25-22(18)33-21(20)23(30)28(24)13-17-4-3-11-31-17/h2,5-10,17H,3-4,11-14H2,1H3,(H,26,29). The zero-order chi connectivity index (χ0) is 22.8. The minimum absolute atomic E-state index is 0.0100. The van der Waals surface area contributed by atoms with Gasteiger partial charge in [0.25, 0.3) is 5.56 Å². The number of thiophene rings is 1. The van der Waals surface area contributed by atoms with Gasteiger partial charge in [-0.3, -0.25) is 14.2 Å². The molecule has 1 unspecified atom stereocenters. The highest BCUT2D eigenvalue weighted by Gasteiger charge is 2.22. The Hall–Kier alpha value is -2.75. The van der Waals surface area contributed by atoms with Crippen molar-refractivity contribution in [2.45, 2.75) is 44.1 Å². The lowest BCUT2D eigenvalue weighted by molar-refractivity contribution is -0.118. The first-order chi connectivity index (χ1) is 16.1. The number of amides is 1. The maximum Gasteiger partial charge on any atom is 0.272 e. The maximum absolute atomic E-state index is 13.4. The summed E-state index contributed by atoms with van der Waals surface area (Å²) in [6.07, 6.45) is 3.62. The third kappa shape index (κ3) is 4.80. The van der Waals surface area contributed by atoms with Gasteiger partial charge in [-0.15, -0.1) is 11.3 Å². The van der Waals surface area contributed by atoms with Crippen LogP contribution < -0.4 is 10.9 Å². The average molecular weight is 481 g/mol. The summed E-state index contributed by atoms with van der Waals surface area (Å²) >= 11 is 2.65. The lowest BCUT2D eigenvalue weighted by Crippen LogP contribution is -2.29. The van der Waals surface area contributed by atoms with Crippen LogP contribution in [0.4, 0.5) is 0 Å². The Kier molecular flexibility index (Phi) is 6.43. The number of nitrogens with one attached hydrogen (secondary N) is 1. The van der Waals surface area contributed by atoms with Crippen molar-refractivity contribution >= 4 is 49.4 Å². The van der Waals surface area contributed by atoms with E-state index >= 15 is 0 Å². The molecule has 4 aromatic rings. The number of rotatable bonds is 7. The van der Waals surface area contributed by atoms with Gasteiger partial charge in [-0.2, -0.15) is 0 Å². The van der Waals surface area contributed by atoms with E-state index in [1.807, 2.05) is 43.3 Å². The smallest absolute Gasteiger partial charge is 0.272 e. The molecule has 7 nitrogen and oxygen atoms in total. The van der Waals surface area contributed by atoms with Crippen LogP contribution in [0.2, 0.25) is 0 Å². The number of carbonyl (C=O) groups excluding carboxylic acids is 1. The van der Waals surface area contributed by atoms with Crippen molar-refractivity contribution < 1.29 is 9.53 Å². The lowest BCUT2D eigenvalue weighted by Gasteiger charge is -2.15. The minimum atomic E-state index is -0.101. The first-order valence-electron chi connectivity index (χ1n) is 10.9. The Morgan fingerprint density at radius 2 is 2.15 bits per heavy atom. The number of ether oxygens (including phenoxy) is 1. The average Bonchev–Trinajstić information content (AvgIpc) is 3.47. The van der Waals surface area contributed by atoms with Crippen molar-refractivity contribution in [3.63, 3.8) is 0 Å². The second-order valence-electron chi connectivity index (χ2n) is 8.13. The van der Waals surface area contributed by atoms with Gasteiger partial charge in [0.1, 0.15) is 9.53 Å². The van der Waals surface area contributed by atoms with E-state index in [-0.39, 0.29) is 23.3 Å². The monoisotopic (exact) mass is 480 g/mol. The number of aryl methyl sites for hydroxylation is 1. The fourth-order valence-corrected chi connectivity index (χ4v) is 5.75. The third-order valence-electron chi connectivity index (χ3n) is 5.67. The van der Waals surface area contributed by atoms with Crippen LogP contribution in [0, 0.1) is 6.92 Å². The predicted octanol–water partition coefficient (Wildman–Crippen LogP) is 3.90. The van der Waals surface area contributed by atoms with Crippen molar-refractivity contribution in [2.75, 3.05) is 12.4 Å². The van der Waals surface area contributed by atoms with Crippen molar-refractivity contribution in [1.29, 1.82) is 0 Å². The van der Waals surface area contributed by atoms with Crippen LogP contribution >= 0.6 is 23.1 Å². The Morgan fingerprint density at radius 1 is 1.30 bits per heavy atom. The number of thioether (sulfide) groups is 1. The number of hydrogen-bond acceptors (Lipinski definition) is 7. The molecular formula is C24H24N4O3S2. The van der Waals surface area contributed by atoms with Crippen LogP contribution in [0.1, 0.15) is 24.0 Å². The fraction of sp³-hybridized carbons (Fsp3) is 0.333. The second-order valence-corrected chi connectivity index (χ2v) is 10.1. The molecule has 5 rings (SSSR count). The molecule has 1 fully saturated rings. The van der Waals surface area contributed by atoms with Crippen molar-refractivity contribution in [2.24, 2.45) is 0 Å². The zero-order valence-electron chi connectivity index (χ0n) is 18.2. The molecule has 3 aromatic heterocycles. The summed E-state index contributed by atoms with van der Waals surface area (Å²) in [7, 11) is 0. The van der Waals surface area contributed by atoms with Gasteiger partial charge in [-0.1, -0.05) is 41.6 Å². The molecule has 0 radical (unpaired) electrons. The van der Waals surface area contributed by atoms with Gasteiger partial charge in [-0.05, 0) is 37.5 Å². The molecule has 1 atom stereocenters. The van der Waals surface area contributed by atoms with Gasteiger partial charge in [0.2, 0.25) is 5.91 Å². The van der Waals surface area contributed by atoms with E-state index in [4.69, 9.17) is 9.72 Å². The van der Waals surface area contributed by atoms with E-state index in [9.17, 15) is 9.59 Å². The highest BCUT2D eigenvalue weighted by molar-refractivity contribution is 7.99. The number of nitrogens with zero attached hydrogens (tertiary/aromatic N) is 3. The molecule has 1 amide bonds. The highest BCUT2D eigenvalue weighted by atomic mass is 32.2. The van der Waals surface area contributed by atoms with Crippen LogP contribution in [-0.4, -0.2) is 38.9 Å². The topological polar surface area (TPSA) is 86.1 Å². The minimum Gasteiger partial charge on any atom is -0.376 e. The number of benzene rings is 1. The molecule has 1 saturated heterocycles. The molecule has 4 heterocycles. The van der Waals surface area contributed by atoms with Gasteiger partial charge >= 0.3 is 0 Å². The zero-order valence-corrected chi connectivity index (χ0v) is 19.9. The molecule has 0 aliphatic carbocycles. The number of pyridine rings is 1. The van der Waals surface area contributed by atoms with E-state index in [1.54, 1.807) is 10.8 Å². The molecule has 170 valence electrons. The molecule has 0 saturated carbocycles. The van der Waals surface area contributed by atoms with Crippen molar-refractivity contribution in [3.05, 3.63) is 64.1 Å². The van der Waals surface area contributed by atoms with E-state index in [0.29, 0.717) is 35.1 Å². The van der Waals surface area contributed by atoms with Crippen molar-refractivity contribution in [1.82, 2.24) is 19.9 Å². The van der Waals surface area contributed by atoms with Crippen molar-refractivity contribution in [3.8, 4) is 0 Å². The molecule has 1 aliphatic rings. The first kappa shape index (κ1) is 22.1. The summed E-state index contributed by atoms with van der Waals surface area (Å²) in [6.45, 7) is 3.66. The van der Waals surface area contributed by atoms with Crippen LogP contribution in [0.3, 0.4) is 0 Å². The van der Waals surface area contributed by atoms with E-state index < -0.39 is 0 Å². The first-order valence-corrected chi connectivity index (χ1v) is 12.7. The van der Waals surface area contributed by atoms with Gasteiger partial charge < -0.3 is 10.1 Å². The van der Waals surface area contributed by atoms with Crippen LogP contribution in [0.5, 0.6) is 0 Å². The van der Waals surface area contributed by atoms with E-state index in [2.05, 4.69) is 10.3 Å². The third-order valence-corrected chi connectivity index (χ3v) is 7.74. The summed E-state index contributed by atoms with van der Waals surface area (Å²) in [5.74, 6) is 0.0748. The predicted molar refractivity (Wildman–Crippen MR) is 132 cm³/mol. The van der Waals surface area contributed by atoms with Gasteiger partial charge in [0.15, 0.2) is 5.16 Å². The Labute approximate surface area is 199 Å². The number of hydrogen-bond donors (Lipinski definition) is 1. The molecule has 1 N–H and O–H groups in total. The van der Waals surface area contributed by atoms with Crippen LogP contribution in [0.25, 0.3) is 20.4 Å². The van der Waals surface area contributed by atoms with Gasteiger partial charge in [0.05, 0.1) is 23.9 Å². The number of carbonyl (C=O) groups is 1. The van der Waals surface area contributed by atoms with Crippen LogP contribution in [-0.2, 0) is 22.6 Å². The Bertz CT molecular complexity index is 1360. The van der Waals surface area contributed by atoms with E-state index in [0.717, 1.165) is 28.6 Å². The molecule has 9 heteroatoms. The molecule has 0 bridgehead atoms. The molecule has 1 aromatic carbocycles. The fourth-order valence-electron chi connectivity index (χ4n) is 3.89. The van der Waals surface area contributed by atoms with E-state index in [1.165, 1.54) is 28.7 Å².